The Kier molecular flexibility index (Phi) is 4.06. The van der Waals surface area contributed by atoms with Crippen molar-refractivity contribution in [2.24, 2.45) is 0 Å². The van der Waals surface area contributed by atoms with Crippen LogP contribution in [-0.4, -0.2) is 75.7 Å². The van der Waals surface area contributed by atoms with Gasteiger partial charge in [0, 0.05) is 46.0 Å². The first-order valence-electron chi connectivity index (χ1n) is 7.84. The third-order valence-electron chi connectivity index (χ3n) is 4.31. The number of amides is 2. The number of hydrogen-bond acceptors (Lipinski definition) is 5. The van der Waals surface area contributed by atoms with Crippen LogP contribution in [0.4, 0.5) is 10.6 Å². The second kappa shape index (κ2) is 6.02. The second-order valence-corrected chi connectivity index (χ2v) is 6.26. The van der Waals surface area contributed by atoms with E-state index in [-0.39, 0.29) is 12.1 Å². The van der Waals surface area contributed by atoms with Crippen LogP contribution in [0.3, 0.4) is 0 Å². The van der Waals surface area contributed by atoms with E-state index in [1.54, 1.807) is 23.5 Å². The van der Waals surface area contributed by atoms with Gasteiger partial charge in [-0.05, 0) is 19.8 Å². The molecule has 1 aliphatic rings. The highest BCUT2D eigenvalue weighted by Crippen LogP contribution is 2.23. The molecule has 1 fully saturated rings. The molecule has 0 N–H and O–H groups in total. The predicted octanol–water partition coefficient (Wildman–Crippen LogP) is 1.01. The highest BCUT2D eigenvalue weighted by Gasteiger charge is 2.28. The summed E-state index contributed by atoms with van der Waals surface area (Å²) in [5.41, 5.74) is 0.917. The highest BCUT2D eigenvalue weighted by atomic mass is 16.2. The number of carbonyl (C=O) groups is 1. The van der Waals surface area contributed by atoms with Gasteiger partial charge in [0.1, 0.15) is 12.1 Å². The van der Waals surface area contributed by atoms with E-state index in [0.29, 0.717) is 5.78 Å². The van der Waals surface area contributed by atoms with Crippen molar-refractivity contribution in [1.82, 2.24) is 29.4 Å². The van der Waals surface area contributed by atoms with Gasteiger partial charge in [0.15, 0.2) is 0 Å². The Bertz CT molecular complexity index is 711. The summed E-state index contributed by atoms with van der Waals surface area (Å²) in [6.07, 6.45) is 3.57. The lowest BCUT2D eigenvalue weighted by molar-refractivity contribution is 0.157. The Hall–Kier alpha value is -2.38. The molecule has 8 nitrogen and oxygen atoms in total. The summed E-state index contributed by atoms with van der Waals surface area (Å²) >= 11 is 0. The van der Waals surface area contributed by atoms with Crippen molar-refractivity contribution < 1.29 is 4.79 Å². The largest absolute Gasteiger partial charge is 0.354 e. The lowest BCUT2D eigenvalue weighted by atomic mass is 10.0. The normalized spacial score (nSPS) is 18.3. The van der Waals surface area contributed by atoms with Crippen LogP contribution in [0.25, 0.3) is 5.78 Å². The fourth-order valence-electron chi connectivity index (χ4n) is 3.09. The molecule has 1 saturated heterocycles. The van der Waals surface area contributed by atoms with Gasteiger partial charge in [-0.3, -0.25) is 0 Å². The van der Waals surface area contributed by atoms with Gasteiger partial charge in [0.25, 0.3) is 5.78 Å². The summed E-state index contributed by atoms with van der Waals surface area (Å²) in [5.74, 6) is 1.60. The Balaban J connectivity index is 1.85. The number of likely N-dealkylation sites (N-methyl/N-ethyl adjacent to an activating group) is 1. The van der Waals surface area contributed by atoms with Gasteiger partial charge in [-0.2, -0.15) is 14.6 Å². The molecule has 3 heterocycles. The summed E-state index contributed by atoms with van der Waals surface area (Å²) in [7, 11) is 5.44. The monoisotopic (exact) mass is 317 g/mol. The maximum atomic E-state index is 12.2. The van der Waals surface area contributed by atoms with Crippen molar-refractivity contribution in [2.75, 3.05) is 39.1 Å². The topological polar surface area (TPSA) is 69.9 Å². The van der Waals surface area contributed by atoms with Gasteiger partial charge < -0.3 is 14.7 Å². The standard InChI is InChI=1S/C15H23N7O/c1-11-8-13(22-14(18-11)16-10-17-22)21-7-5-6-12(9-21)20(4)15(23)19(2)3/h8,10,12H,5-7,9H2,1-4H3. The molecule has 0 saturated carbocycles. The first-order valence-corrected chi connectivity index (χ1v) is 7.84. The molecule has 8 heteroatoms. The van der Waals surface area contributed by atoms with Gasteiger partial charge in [-0.25, -0.2) is 9.78 Å². The number of urea groups is 1. The van der Waals surface area contributed by atoms with Gasteiger partial charge in [-0.15, -0.1) is 0 Å². The number of carbonyl (C=O) groups excluding carboxylic acids is 1. The van der Waals surface area contributed by atoms with E-state index in [9.17, 15) is 4.79 Å². The van der Waals surface area contributed by atoms with E-state index in [0.717, 1.165) is 37.4 Å². The molecule has 2 aromatic rings. The average molecular weight is 317 g/mol. The zero-order chi connectivity index (χ0) is 16.6. The molecule has 0 aliphatic carbocycles. The first kappa shape index (κ1) is 15.5. The Morgan fingerprint density at radius 3 is 2.87 bits per heavy atom. The van der Waals surface area contributed by atoms with E-state index in [2.05, 4.69) is 20.0 Å². The number of aryl methyl sites for hydroxylation is 1. The van der Waals surface area contributed by atoms with Crippen LogP contribution in [0.2, 0.25) is 0 Å². The molecule has 23 heavy (non-hydrogen) atoms. The van der Waals surface area contributed by atoms with Crippen molar-refractivity contribution in [3.05, 3.63) is 18.1 Å². The molecule has 0 aromatic carbocycles. The smallest absolute Gasteiger partial charge is 0.319 e. The molecule has 2 amide bonds. The van der Waals surface area contributed by atoms with Crippen molar-refractivity contribution >= 4 is 17.6 Å². The maximum absolute atomic E-state index is 12.2. The van der Waals surface area contributed by atoms with Crippen LogP contribution in [0.5, 0.6) is 0 Å². The zero-order valence-corrected chi connectivity index (χ0v) is 14.1. The Morgan fingerprint density at radius 1 is 1.35 bits per heavy atom. The highest BCUT2D eigenvalue weighted by molar-refractivity contribution is 5.74. The van der Waals surface area contributed by atoms with Crippen LogP contribution in [-0.2, 0) is 0 Å². The van der Waals surface area contributed by atoms with Crippen LogP contribution >= 0.6 is 0 Å². The van der Waals surface area contributed by atoms with Gasteiger partial charge in [0.2, 0.25) is 0 Å². The second-order valence-electron chi connectivity index (χ2n) is 6.26. The third-order valence-corrected chi connectivity index (χ3v) is 4.31. The number of hydrogen-bond donors (Lipinski definition) is 0. The van der Waals surface area contributed by atoms with E-state index in [1.165, 1.54) is 6.33 Å². The SMILES string of the molecule is Cc1cc(N2CCCC(N(C)C(=O)N(C)C)C2)n2ncnc2n1. The van der Waals surface area contributed by atoms with Crippen molar-refractivity contribution in [3.63, 3.8) is 0 Å². The van der Waals surface area contributed by atoms with E-state index < -0.39 is 0 Å². The van der Waals surface area contributed by atoms with E-state index in [4.69, 9.17) is 0 Å². The number of rotatable bonds is 2. The molecule has 1 atom stereocenters. The number of anilines is 1. The van der Waals surface area contributed by atoms with Crippen LogP contribution in [0.1, 0.15) is 18.5 Å². The molecule has 1 aliphatic heterocycles. The lowest BCUT2D eigenvalue weighted by Gasteiger charge is -2.39. The Morgan fingerprint density at radius 2 is 2.13 bits per heavy atom. The quantitative estimate of drug-likeness (QED) is 0.827. The fraction of sp³-hybridized carbons (Fsp3) is 0.600. The number of piperidine rings is 1. The maximum Gasteiger partial charge on any atom is 0.319 e. The van der Waals surface area contributed by atoms with Crippen LogP contribution in [0, 0.1) is 6.92 Å². The van der Waals surface area contributed by atoms with Crippen LogP contribution in [0.15, 0.2) is 12.4 Å². The molecule has 0 radical (unpaired) electrons. The summed E-state index contributed by atoms with van der Waals surface area (Å²) in [4.78, 5) is 26.5. The molecular weight excluding hydrogens is 294 g/mol. The molecular formula is C15H23N7O. The number of nitrogens with zero attached hydrogens (tertiary/aromatic N) is 7. The molecule has 0 bridgehead atoms. The molecule has 3 rings (SSSR count). The van der Waals surface area contributed by atoms with Gasteiger partial charge in [-0.1, -0.05) is 0 Å². The van der Waals surface area contributed by atoms with Gasteiger partial charge in [0.05, 0.1) is 6.04 Å². The molecule has 124 valence electrons. The number of aromatic nitrogens is 4. The average Bonchev–Trinajstić information content (AvgIpc) is 3.00. The lowest BCUT2D eigenvalue weighted by Crippen LogP contribution is -2.51. The van der Waals surface area contributed by atoms with E-state index in [1.807, 2.05) is 24.9 Å². The minimum atomic E-state index is 0.0358. The summed E-state index contributed by atoms with van der Waals surface area (Å²) < 4.78 is 1.77. The molecule has 1 unspecified atom stereocenters. The Labute approximate surface area is 135 Å². The summed E-state index contributed by atoms with van der Waals surface area (Å²) in [6, 6.07) is 2.25. The molecule has 0 spiro atoms. The fourth-order valence-corrected chi connectivity index (χ4v) is 3.09. The third kappa shape index (κ3) is 2.93. The van der Waals surface area contributed by atoms with Crippen molar-refractivity contribution in [1.29, 1.82) is 0 Å². The summed E-state index contributed by atoms with van der Waals surface area (Å²) in [5, 5.41) is 4.28. The van der Waals surface area contributed by atoms with Crippen molar-refractivity contribution in [2.45, 2.75) is 25.8 Å². The van der Waals surface area contributed by atoms with E-state index >= 15 is 0 Å². The van der Waals surface area contributed by atoms with Crippen LogP contribution < -0.4 is 4.90 Å². The first-order chi connectivity index (χ1) is 11.0. The predicted molar refractivity (Wildman–Crippen MR) is 87.6 cm³/mol. The minimum Gasteiger partial charge on any atom is -0.354 e. The number of fused-ring (bicyclic) bond motifs is 1. The molecule has 2 aromatic heterocycles. The minimum absolute atomic E-state index is 0.0358. The zero-order valence-electron chi connectivity index (χ0n) is 14.1. The summed E-state index contributed by atoms with van der Waals surface area (Å²) in [6.45, 7) is 3.69. The van der Waals surface area contributed by atoms with Gasteiger partial charge >= 0.3 is 6.03 Å². The van der Waals surface area contributed by atoms with Crippen molar-refractivity contribution in [3.8, 4) is 0 Å².